The number of aliphatic hydroxyl groups excluding tert-OH is 1. The predicted octanol–water partition coefficient (Wildman–Crippen LogP) is 4.09. The second-order valence-electron chi connectivity index (χ2n) is 5.31. The van der Waals surface area contributed by atoms with Gasteiger partial charge in [-0.1, -0.05) is 23.2 Å². The molecule has 1 amide bonds. The number of fused-ring (bicyclic) bond motifs is 1. The van der Waals surface area contributed by atoms with E-state index in [-0.39, 0.29) is 5.91 Å². The van der Waals surface area contributed by atoms with Gasteiger partial charge in [-0.05, 0) is 42.8 Å². The van der Waals surface area contributed by atoms with Crippen LogP contribution in [0, 0.1) is 0 Å². The highest BCUT2D eigenvalue weighted by atomic mass is 35.5. The van der Waals surface area contributed by atoms with Crippen LogP contribution in [0.5, 0.6) is 5.75 Å². The molecule has 1 unspecified atom stereocenters. The standard InChI is InChI=1S/C17H15Cl2NO3/c1-23-11-3-5-15-13(9-11)16(21)6-7-20(15)17(22)12-4-2-10(18)8-14(12)19/h2-5,8-9,16,21H,6-7H2,1H3. The second-order valence-corrected chi connectivity index (χ2v) is 6.15. The molecule has 1 aliphatic heterocycles. The molecule has 0 spiro atoms. The minimum atomic E-state index is -0.621. The normalized spacial score (nSPS) is 16.9. The number of benzene rings is 2. The highest BCUT2D eigenvalue weighted by Gasteiger charge is 2.29. The van der Waals surface area contributed by atoms with E-state index in [2.05, 4.69) is 0 Å². The first kappa shape index (κ1) is 16.1. The summed E-state index contributed by atoms with van der Waals surface area (Å²) in [4.78, 5) is 14.5. The molecule has 0 aromatic heterocycles. The lowest BCUT2D eigenvalue weighted by Gasteiger charge is -2.32. The zero-order chi connectivity index (χ0) is 16.6. The number of hydrogen-bond donors (Lipinski definition) is 1. The first-order valence-corrected chi connectivity index (χ1v) is 7.90. The van der Waals surface area contributed by atoms with Gasteiger partial charge in [0.1, 0.15) is 5.75 Å². The van der Waals surface area contributed by atoms with Crippen molar-refractivity contribution in [1.82, 2.24) is 0 Å². The molecule has 23 heavy (non-hydrogen) atoms. The average Bonchev–Trinajstić information content (AvgIpc) is 2.54. The summed E-state index contributed by atoms with van der Waals surface area (Å²) in [5.74, 6) is 0.423. The van der Waals surface area contributed by atoms with Gasteiger partial charge in [0, 0.05) is 17.1 Å². The number of aliphatic hydroxyl groups is 1. The van der Waals surface area contributed by atoms with Gasteiger partial charge < -0.3 is 14.7 Å². The fourth-order valence-electron chi connectivity index (χ4n) is 2.72. The summed E-state index contributed by atoms with van der Waals surface area (Å²) in [5.41, 5.74) is 1.73. The number of amides is 1. The number of nitrogens with zero attached hydrogens (tertiary/aromatic N) is 1. The van der Waals surface area contributed by atoms with Crippen molar-refractivity contribution < 1.29 is 14.6 Å². The molecule has 0 bridgehead atoms. The number of halogens is 2. The molecule has 4 nitrogen and oxygen atoms in total. The Balaban J connectivity index is 2.01. The lowest BCUT2D eigenvalue weighted by Crippen LogP contribution is -2.36. The SMILES string of the molecule is COc1ccc2c(c1)C(O)CCN2C(=O)c1ccc(Cl)cc1Cl. The summed E-state index contributed by atoms with van der Waals surface area (Å²) < 4.78 is 5.19. The van der Waals surface area contributed by atoms with E-state index in [0.29, 0.717) is 45.6 Å². The second kappa shape index (κ2) is 6.40. The van der Waals surface area contributed by atoms with Crippen molar-refractivity contribution in [2.24, 2.45) is 0 Å². The van der Waals surface area contributed by atoms with Crippen LogP contribution in [-0.2, 0) is 0 Å². The Labute approximate surface area is 144 Å². The number of hydrogen-bond acceptors (Lipinski definition) is 3. The topological polar surface area (TPSA) is 49.8 Å². The fourth-order valence-corrected chi connectivity index (χ4v) is 3.21. The first-order chi connectivity index (χ1) is 11.0. The predicted molar refractivity (Wildman–Crippen MR) is 90.7 cm³/mol. The van der Waals surface area contributed by atoms with E-state index in [4.69, 9.17) is 27.9 Å². The van der Waals surface area contributed by atoms with Crippen molar-refractivity contribution in [1.29, 1.82) is 0 Å². The molecule has 0 saturated carbocycles. The van der Waals surface area contributed by atoms with Crippen molar-refractivity contribution in [3.8, 4) is 5.75 Å². The molecule has 3 rings (SSSR count). The van der Waals surface area contributed by atoms with Gasteiger partial charge in [0.2, 0.25) is 0 Å². The number of carbonyl (C=O) groups excluding carboxylic acids is 1. The minimum Gasteiger partial charge on any atom is -0.497 e. The van der Waals surface area contributed by atoms with E-state index in [1.807, 2.05) is 0 Å². The van der Waals surface area contributed by atoms with Crippen LogP contribution in [0.3, 0.4) is 0 Å². The number of ether oxygens (including phenoxy) is 1. The summed E-state index contributed by atoms with van der Waals surface area (Å²) in [5, 5.41) is 11.0. The third-order valence-electron chi connectivity index (χ3n) is 3.92. The first-order valence-electron chi connectivity index (χ1n) is 7.14. The van der Waals surface area contributed by atoms with E-state index < -0.39 is 6.10 Å². The maximum Gasteiger partial charge on any atom is 0.259 e. The summed E-state index contributed by atoms with van der Waals surface area (Å²) in [6.45, 7) is 0.415. The van der Waals surface area contributed by atoms with Gasteiger partial charge in [0.15, 0.2) is 0 Å². The van der Waals surface area contributed by atoms with Crippen molar-refractivity contribution in [3.05, 3.63) is 57.6 Å². The van der Waals surface area contributed by atoms with Crippen LogP contribution in [0.2, 0.25) is 10.0 Å². The fraction of sp³-hybridized carbons (Fsp3) is 0.235. The zero-order valence-corrected chi connectivity index (χ0v) is 13.9. The molecule has 1 heterocycles. The van der Waals surface area contributed by atoms with Crippen LogP contribution in [0.1, 0.15) is 28.4 Å². The minimum absolute atomic E-state index is 0.218. The zero-order valence-electron chi connectivity index (χ0n) is 12.4. The Hall–Kier alpha value is -1.75. The highest BCUT2D eigenvalue weighted by Crippen LogP contribution is 2.37. The Morgan fingerprint density at radius 1 is 1.26 bits per heavy atom. The Morgan fingerprint density at radius 2 is 2.04 bits per heavy atom. The maximum atomic E-state index is 12.8. The lowest BCUT2D eigenvalue weighted by atomic mass is 9.97. The van der Waals surface area contributed by atoms with Crippen LogP contribution in [0.25, 0.3) is 0 Å². The molecule has 1 atom stereocenters. The average molecular weight is 352 g/mol. The van der Waals surface area contributed by atoms with Crippen LogP contribution in [-0.4, -0.2) is 24.7 Å². The quantitative estimate of drug-likeness (QED) is 0.886. The van der Waals surface area contributed by atoms with Crippen molar-refractivity contribution >= 4 is 34.8 Å². The van der Waals surface area contributed by atoms with Gasteiger partial charge in [-0.2, -0.15) is 0 Å². The molecule has 1 aliphatic rings. The lowest BCUT2D eigenvalue weighted by molar-refractivity contribution is 0.0970. The molecule has 0 radical (unpaired) electrons. The summed E-state index contributed by atoms with van der Waals surface area (Å²) in [6.07, 6.45) is -0.165. The van der Waals surface area contributed by atoms with Gasteiger partial charge in [-0.15, -0.1) is 0 Å². The molecule has 2 aromatic rings. The van der Waals surface area contributed by atoms with Crippen LogP contribution in [0.15, 0.2) is 36.4 Å². The third kappa shape index (κ3) is 3.02. The van der Waals surface area contributed by atoms with E-state index in [1.165, 1.54) is 0 Å². The molecule has 1 N–H and O–H groups in total. The monoisotopic (exact) mass is 351 g/mol. The molecule has 2 aromatic carbocycles. The third-order valence-corrected chi connectivity index (χ3v) is 4.47. The summed E-state index contributed by atoms with van der Waals surface area (Å²) in [7, 11) is 1.56. The van der Waals surface area contributed by atoms with Gasteiger partial charge in [0.25, 0.3) is 5.91 Å². The van der Waals surface area contributed by atoms with Crippen molar-refractivity contribution in [2.75, 3.05) is 18.6 Å². The van der Waals surface area contributed by atoms with Gasteiger partial charge in [0.05, 0.1) is 29.5 Å². The molecule has 0 fully saturated rings. The van der Waals surface area contributed by atoms with Crippen LogP contribution >= 0.6 is 23.2 Å². The summed E-state index contributed by atoms with van der Waals surface area (Å²) in [6, 6.07) is 10.1. The van der Waals surface area contributed by atoms with Gasteiger partial charge >= 0.3 is 0 Å². The van der Waals surface area contributed by atoms with Gasteiger partial charge in [-0.3, -0.25) is 4.79 Å². The van der Waals surface area contributed by atoms with Gasteiger partial charge in [-0.25, -0.2) is 0 Å². The van der Waals surface area contributed by atoms with Crippen molar-refractivity contribution in [2.45, 2.75) is 12.5 Å². The molecule has 0 saturated heterocycles. The molecule has 0 aliphatic carbocycles. The van der Waals surface area contributed by atoms with Crippen LogP contribution < -0.4 is 9.64 Å². The van der Waals surface area contributed by atoms with E-state index in [1.54, 1.807) is 48.4 Å². The Morgan fingerprint density at radius 3 is 2.74 bits per heavy atom. The molecular formula is C17H15Cl2NO3. The van der Waals surface area contributed by atoms with E-state index in [0.717, 1.165) is 0 Å². The highest BCUT2D eigenvalue weighted by molar-refractivity contribution is 6.37. The smallest absolute Gasteiger partial charge is 0.259 e. The number of anilines is 1. The number of methoxy groups -OCH3 is 1. The Kier molecular flexibility index (Phi) is 4.48. The van der Waals surface area contributed by atoms with Crippen LogP contribution in [0.4, 0.5) is 5.69 Å². The number of rotatable bonds is 2. The Bertz CT molecular complexity index is 763. The summed E-state index contributed by atoms with van der Waals surface area (Å²) >= 11 is 12.0. The molecule has 6 heteroatoms. The van der Waals surface area contributed by atoms with E-state index in [9.17, 15) is 9.90 Å². The molecular weight excluding hydrogens is 337 g/mol. The molecule has 120 valence electrons. The largest absolute Gasteiger partial charge is 0.497 e. The van der Waals surface area contributed by atoms with E-state index >= 15 is 0 Å². The maximum absolute atomic E-state index is 12.8. The van der Waals surface area contributed by atoms with Crippen molar-refractivity contribution in [3.63, 3.8) is 0 Å². The number of carbonyl (C=O) groups is 1.